The lowest BCUT2D eigenvalue weighted by Crippen LogP contribution is -2.24. The second-order valence-electron chi connectivity index (χ2n) is 2.35. The highest BCUT2D eigenvalue weighted by molar-refractivity contribution is 5.81. The minimum absolute atomic E-state index is 0.146. The van der Waals surface area contributed by atoms with Gasteiger partial charge in [0.05, 0.1) is 6.54 Å². The predicted molar refractivity (Wildman–Crippen MR) is 50.1 cm³/mol. The van der Waals surface area contributed by atoms with Crippen LogP contribution in [0.25, 0.3) is 0 Å². The minimum atomic E-state index is -0.722. The number of halogens is 1. The molecule has 0 aliphatic heterocycles. The molecule has 0 radical (unpaired) electrons. The summed E-state index contributed by atoms with van der Waals surface area (Å²) in [5.74, 6) is -1.35. The normalized spacial score (nSPS) is 9.47. The number of esters is 2. The number of carbonyl (C=O) groups is 2. The van der Waals surface area contributed by atoms with Gasteiger partial charge in [-0.3, -0.25) is 0 Å². The standard InChI is InChI=1S/C9H12FNO4/c1-3-8(12)14-6-5-11(10)7-15-9(13)4-2/h3-4H,1-2,5-7H2. The van der Waals surface area contributed by atoms with Crippen molar-refractivity contribution >= 4 is 11.9 Å². The summed E-state index contributed by atoms with van der Waals surface area (Å²) < 4.78 is 21.6. The number of hydrogen-bond acceptors (Lipinski definition) is 5. The summed E-state index contributed by atoms with van der Waals surface area (Å²) in [6.07, 6.45) is 1.89. The van der Waals surface area contributed by atoms with E-state index in [1.165, 1.54) is 0 Å². The van der Waals surface area contributed by atoms with Gasteiger partial charge in [-0.2, -0.15) is 0 Å². The second-order valence-corrected chi connectivity index (χ2v) is 2.35. The Morgan fingerprint density at radius 3 is 2.27 bits per heavy atom. The highest BCUT2D eigenvalue weighted by Gasteiger charge is 2.06. The van der Waals surface area contributed by atoms with Gasteiger partial charge < -0.3 is 9.47 Å². The van der Waals surface area contributed by atoms with Crippen LogP contribution in [-0.2, 0) is 19.1 Å². The molecule has 0 bridgehead atoms. The first-order valence-corrected chi connectivity index (χ1v) is 4.09. The minimum Gasteiger partial charge on any atom is -0.461 e. The van der Waals surface area contributed by atoms with Crippen LogP contribution in [0.15, 0.2) is 25.3 Å². The highest BCUT2D eigenvalue weighted by atomic mass is 19.2. The van der Waals surface area contributed by atoms with E-state index in [0.29, 0.717) is 0 Å². The van der Waals surface area contributed by atoms with E-state index < -0.39 is 18.7 Å². The highest BCUT2D eigenvalue weighted by Crippen LogP contribution is 1.91. The molecule has 0 rings (SSSR count). The SMILES string of the molecule is C=CC(=O)OCCN(F)COC(=O)C=C. The van der Waals surface area contributed by atoms with Crippen molar-refractivity contribution in [3.05, 3.63) is 25.3 Å². The van der Waals surface area contributed by atoms with E-state index in [4.69, 9.17) is 0 Å². The van der Waals surface area contributed by atoms with Crippen LogP contribution in [-0.4, -0.2) is 36.9 Å². The Balaban J connectivity index is 3.52. The molecule has 84 valence electrons. The van der Waals surface area contributed by atoms with Gasteiger partial charge in [0.15, 0.2) is 6.73 Å². The largest absolute Gasteiger partial charge is 0.461 e. The van der Waals surface area contributed by atoms with E-state index in [9.17, 15) is 14.1 Å². The predicted octanol–water partition coefficient (Wildman–Crippen LogP) is 0.589. The third-order valence-corrected chi connectivity index (χ3v) is 1.26. The molecule has 15 heavy (non-hydrogen) atoms. The molecule has 0 aromatic rings. The molecule has 5 nitrogen and oxygen atoms in total. The topological polar surface area (TPSA) is 55.8 Å². The first-order chi connectivity index (χ1) is 7.10. The summed E-state index contributed by atoms with van der Waals surface area (Å²) in [7, 11) is 0. The summed E-state index contributed by atoms with van der Waals surface area (Å²) in [4.78, 5) is 21.0. The first-order valence-electron chi connectivity index (χ1n) is 4.09. The smallest absolute Gasteiger partial charge is 0.331 e. The first kappa shape index (κ1) is 13.3. The summed E-state index contributed by atoms with van der Waals surface area (Å²) in [6, 6.07) is 0. The number of ether oxygens (including phenoxy) is 2. The molecule has 0 unspecified atom stereocenters. The Bertz CT molecular complexity index is 254. The molecule has 0 aromatic heterocycles. The van der Waals surface area contributed by atoms with Crippen molar-refractivity contribution in [3.8, 4) is 0 Å². The fourth-order valence-electron chi connectivity index (χ4n) is 0.561. The Labute approximate surface area is 86.7 Å². The summed E-state index contributed by atoms with van der Waals surface area (Å²) in [6.45, 7) is 5.44. The number of hydrogen-bond donors (Lipinski definition) is 0. The van der Waals surface area contributed by atoms with Crippen molar-refractivity contribution < 1.29 is 23.5 Å². The van der Waals surface area contributed by atoms with E-state index in [0.717, 1.165) is 12.2 Å². The van der Waals surface area contributed by atoms with Crippen LogP contribution in [0.3, 0.4) is 0 Å². The van der Waals surface area contributed by atoms with Gasteiger partial charge in [0.2, 0.25) is 0 Å². The second kappa shape index (κ2) is 7.69. The fraction of sp³-hybridized carbons (Fsp3) is 0.333. The molecular formula is C9H12FNO4. The van der Waals surface area contributed by atoms with Crippen molar-refractivity contribution in [2.75, 3.05) is 19.9 Å². The molecule has 6 heteroatoms. The lowest BCUT2D eigenvalue weighted by Gasteiger charge is -2.10. The Kier molecular flexibility index (Phi) is 6.82. The molecule has 0 saturated heterocycles. The number of nitrogens with zero attached hydrogens (tertiary/aromatic N) is 1. The van der Waals surface area contributed by atoms with Crippen LogP contribution in [0.5, 0.6) is 0 Å². The van der Waals surface area contributed by atoms with Gasteiger partial charge in [-0.15, -0.1) is 9.60 Å². The lowest BCUT2D eigenvalue weighted by atomic mass is 10.6. The lowest BCUT2D eigenvalue weighted by molar-refractivity contribution is -0.156. The van der Waals surface area contributed by atoms with Crippen LogP contribution in [0.2, 0.25) is 0 Å². The Morgan fingerprint density at radius 1 is 1.20 bits per heavy atom. The quantitative estimate of drug-likeness (QED) is 0.270. The molecule has 0 atom stereocenters. The third-order valence-electron chi connectivity index (χ3n) is 1.26. The maximum absolute atomic E-state index is 12.8. The average Bonchev–Trinajstić information content (AvgIpc) is 2.25. The summed E-state index contributed by atoms with van der Waals surface area (Å²) in [5, 5.41) is 0.192. The molecule has 0 heterocycles. The van der Waals surface area contributed by atoms with E-state index in [-0.39, 0.29) is 18.3 Å². The molecule has 0 aromatic carbocycles. The van der Waals surface area contributed by atoms with Crippen molar-refractivity contribution in [1.82, 2.24) is 5.12 Å². The van der Waals surface area contributed by atoms with Crippen molar-refractivity contribution in [3.63, 3.8) is 0 Å². The molecule has 0 saturated carbocycles. The van der Waals surface area contributed by atoms with E-state index in [1.807, 2.05) is 0 Å². The monoisotopic (exact) mass is 217 g/mol. The Morgan fingerprint density at radius 2 is 1.73 bits per heavy atom. The molecule has 0 fully saturated rings. The van der Waals surface area contributed by atoms with Crippen molar-refractivity contribution in [2.45, 2.75) is 0 Å². The van der Waals surface area contributed by atoms with Gasteiger partial charge in [0.25, 0.3) is 0 Å². The fourth-order valence-corrected chi connectivity index (χ4v) is 0.561. The maximum Gasteiger partial charge on any atom is 0.331 e. The van der Waals surface area contributed by atoms with Gasteiger partial charge in [-0.05, 0) is 0 Å². The van der Waals surface area contributed by atoms with Gasteiger partial charge in [0.1, 0.15) is 6.61 Å². The van der Waals surface area contributed by atoms with Crippen LogP contribution in [0, 0.1) is 0 Å². The zero-order chi connectivity index (χ0) is 11.7. The summed E-state index contributed by atoms with van der Waals surface area (Å²) >= 11 is 0. The molecule has 0 N–H and O–H groups in total. The van der Waals surface area contributed by atoms with Gasteiger partial charge >= 0.3 is 11.9 Å². The van der Waals surface area contributed by atoms with Gasteiger partial charge in [-0.1, -0.05) is 13.2 Å². The molecule has 0 spiro atoms. The van der Waals surface area contributed by atoms with Crippen molar-refractivity contribution in [1.29, 1.82) is 0 Å². The van der Waals surface area contributed by atoms with E-state index >= 15 is 0 Å². The van der Waals surface area contributed by atoms with Gasteiger partial charge in [-0.25, -0.2) is 9.59 Å². The molecule has 0 aliphatic carbocycles. The Hall–Kier alpha value is -1.69. The zero-order valence-electron chi connectivity index (χ0n) is 8.15. The van der Waals surface area contributed by atoms with Crippen LogP contribution < -0.4 is 0 Å². The molecule has 0 amide bonds. The third kappa shape index (κ3) is 7.39. The van der Waals surface area contributed by atoms with Crippen LogP contribution in [0.4, 0.5) is 4.48 Å². The molecular weight excluding hydrogens is 205 g/mol. The average molecular weight is 217 g/mol. The van der Waals surface area contributed by atoms with Crippen LogP contribution >= 0.6 is 0 Å². The zero-order valence-corrected chi connectivity index (χ0v) is 8.15. The van der Waals surface area contributed by atoms with E-state index in [2.05, 4.69) is 22.6 Å². The molecule has 0 aliphatic rings. The summed E-state index contributed by atoms with van der Waals surface area (Å²) in [5.41, 5.74) is 0. The number of carbonyl (C=O) groups excluding carboxylic acids is 2. The van der Waals surface area contributed by atoms with E-state index in [1.54, 1.807) is 0 Å². The van der Waals surface area contributed by atoms with Gasteiger partial charge in [0, 0.05) is 12.2 Å². The number of rotatable bonds is 7. The van der Waals surface area contributed by atoms with Crippen molar-refractivity contribution in [2.24, 2.45) is 0 Å². The van der Waals surface area contributed by atoms with Crippen LogP contribution in [0.1, 0.15) is 0 Å². The maximum atomic E-state index is 12.8.